The lowest BCUT2D eigenvalue weighted by molar-refractivity contribution is -0.135. The van der Waals surface area contributed by atoms with E-state index in [1.807, 2.05) is 18.2 Å². The van der Waals surface area contributed by atoms with Crippen molar-refractivity contribution in [2.45, 2.75) is 96.1 Å². The quantitative estimate of drug-likeness (QED) is 0.252. The molecule has 3 atom stereocenters. The van der Waals surface area contributed by atoms with Crippen LogP contribution in [0.15, 0.2) is 18.2 Å². The highest BCUT2D eigenvalue weighted by atomic mass is 19.3. The summed E-state index contributed by atoms with van der Waals surface area (Å²) in [5, 5.41) is 19.7. The van der Waals surface area contributed by atoms with Gasteiger partial charge < -0.3 is 35.8 Å². The Morgan fingerprint density at radius 1 is 1.06 bits per heavy atom. The van der Waals surface area contributed by atoms with Crippen molar-refractivity contribution in [2.75, 3.05) is 19.6 Å². The standard InChI is InChI=1S/C32H41F2N7O7/c1-31(2,3)48-30(47)37-10-9-36-25(42)7-8-26(43)38-15-19-5-4-6-20-16-40(17-23(19)20)27(44)12-21-11-24(39-28(21)45)29(46)41-18-32(33,34)13-22(41)14-35/h4-6,21-22,24H,7-13,15-18H2,1-3H3,(H,36,42)(H,37,47)(H,38,43)(H,39,45)/t21-,22-,24-/m0/s1. The van der Waals surface area contributed by atoms with Crippen LogP contribution in [0.4, 0.5) is 13.6 Å². The second-order valence-electron chi connectivity index (χ2n) is 13.2. The molecule has 16 heteroatoms. The Morgan fingerprint density at radius 2 is 1.75 bits per heavy atom. The molecule has 0 aliphatic carbocycles. The van der Waals surface area contributed by atoms with Crippen molar-refractivity contribution in [1.82, 2.24) is 31.1 Å². The lowest BCUT2D eigenvalue weighted by Gasteiger charge is -2.22. The van der Waals surface area contributed by atoms with Crippen LogP contribution in [0.2, 0.25) is 0 Å². The molecule has 3 aliphatic heterocycles. The third-order valence-corrected chi connectivity index (χ3v) is 8.23. The smallest absolute Gasteiger partial charge is 0.407 e. The Hall–Kier alpha value is -4.81. The van der Waals surface area contributed by atoms with Gasteiger partial charge in [-0.15, -0.1) is 0 Å². The van der Waals surface area contributed by atoms with E-state index in [0.717, 1.165) is 21.6 Å². The van der Waals surface area contributed by atoms with Crippen LogP contribution in [0.3, 0.4) is 0 Å². The van der Waals surface area contributed by atoms with Gasteiger partial charge >= 0.3 is 6.09 Å². The predicted molar refractivity (Wildman–Crippen MR) is 164 cm³/mol. The molecule has 2 saturated heterocycles. The summed E-state index contributed by atoms with van der Waals surface area (Å²) in [4.78, 5) is 77.3. The number of likely N-dealkylation sites (tertiary alicyclic amines) is 1. The van der Waals surface area contributed by atoms with E-state index in [9.17, 15) is 42.8 Å². The molecule has 4 N–H and O–H groups in total. The number of benzene rings is 1. The molecule has 0 saturated carbocycles. The minimum absolute atomic E-state index is 0.0390. The molecule has 0 unspecified atom stereocenters. The predicted octanol–water partition coefficient (Wildman–Crippen LogP) is 1.22. The molecule has 0 aromatic heterocycles. The van der Waals surface area contributed by atoms with Crippen LogP contribution in [0.5, 0.6) is 0 Å². The van der Waals surface area contributed by atoms with Gasteiger partial charge in [-0.2, -0.15) is 5.26 Å². The summed E-state index contributed by atoms with van der Waals surface area (Å²) in [5.74, 6) is -6.28. The highest BCUT2D eigenvalue weighted by Crippen LogP contribution is 2.34. The maximum Gasteiger partial charge on any atom is 0.407 e. The summed E-state index contributed by atoms with van der Waals surface area (Å²) in [7, 11) is 0. The van der Waals surface area contributed by atoms with Crippen LogP contribution in [0.1, 0.15) is 69.6 Å². The van der Waals surface area contributed by atoms with Gasteiger partial charge in [-0.3, -0.25) is 24.0 Å². The fourth-order valence-electron chi connectivity index (χ4n) is 5.89. The molecule has 14 nitrogen and oxygen atoms in total. The van der Waals surface area contributed by atoms with Crippen molar-refractivity contribution >= 4 is 35.6 Å². The SMILES string of the molecule is CC(C)(C)OC(=O)NCCNC(=O)CCC(=O)NCc1cccc2c1CN(C(=O)C[C@@H]1C[C@@H](C(=O)N3CC(F)(F)C[C@H]3C#N)NC1=O)C2. The van der Waals surface area contributed by atoms with E-state index < -0.39 is 60.4 Å². The number of fused-ring (bicyclic) bond motifs is 1. The number of carbonyl (C=O) groups excluding carboxylic acids is 6. The minimum Gasteiger partial charge on any atom is -0.444 e. The molecule has 0 spiro atoms. The number of ether oxygens (including phenoxy) is 1. The van der Waals surface area contributed by atoms with Crippen LogP contribution in [-0.2, 0) is 48.3 Å². The Labute approximate surface area is 276 Å². The molecule has 0 radical (unpaired) electrons. The molecule has 3 heterocycles. The van der Waals surface area contributed by atoms with E-state index in [-0.39, 0.29) is 69.6 Å². The topological polar surface area (TPSA) is 190 Å². The highest BCUT2D eigenvalue weighted by molar-refractivity contribution is 5.94. The largest absolute Gasteiger partial charge is 0.444 e. The number of halogens is 2. The summed E-state index contributed by atoms with van der Waals surface area (Å²) in [5.41, 5.74) is 1.92. The van der Waals surface area contributed by atoms with Gasteiger partial charge in [0.25, 0.3) is 5.92 Å². The third-order valence-electron chi connectivity index (χ3n) is 8.23. The molecule has 1 aromatic rings. The maximum absolute atomic E-state index is 13.8. The van der Waals surface area contributed by atoms with E-state index >= 15 is 0 Å². The van der Waals surface area contributed by atoms with Crippen LogP contribution in [-0.4, -0.2) is 88.7 Å². The van der Waals surface area contributed by atoms with E-state index in [2.05, 4.69) is 21.3 Å². The van der Waals surface area contributed by atoms with Crippen molar-refractivity contribution in [3.8, 4) is 6.07 Å². The van der Waals surface area contributed by atoms with Gasteiger partial charge in [0.1, 0.15) is 17.7 Å². The second-order valence-corrected chi connectivity index (χ2v) is 13.2. The molecular formula is C32H41F2N7O7. The number of rotatable bonds is 11. The summed E-state index contributed by atoms with van der Waals surface area (Å²) in [6.07, 6.45) is -1.65. The number of nitrogens with zero attached hydrogens (tertiary/aromatic N) is 3. The first kappa shape index (κ1) is 36.0. The van der Waals surface area contributed by atoms with E-state index in [4.69, 9.17) is 4.74 Å². The summed E-state index contributed by atoms with van der Waals surface area (Å²) < 4.78 is 32.8. The fraction of sp³-hybridized carbons (Fsp3) is 0.594. The lowest BCUT2D eigenvalue weighted by atomic mass is 9.99. The molecular weight excluding hydrogens is 632 g/mol. The van der Waals surface area contributed by atoms with Crippen LogP contribution in [0.25, 0.3) is 0 Å². The number of amides is 6. The summed E-state index contributed by atoms with van der Waals surface area (Å²) >= 11 is 0. The zero-order chi connectivity index (χ0) is 35.2. The number of alkyl halides is 2. The third kappa shape index (κ3) is 9.61. The molecule has 3 aliphatic rings. The van der Waals surface area contributed by atoms with Crippen LogP contribution >= 0.6 is 0 Å². The Morgan fingerprint density at radius 3 is 2.44 bits per heavy atom. The first-order valence-corrected chi connectivity index (χ1v) is 15.8. The van der Waals surface area contributed by atoms with Crippen molar-refractivity contribution in [3.63, 3.8) is 0 Å². The van der Waals surface area contributed by atoms with Gasteiger partial charge in [0, 0.05) is 64.3 Å². The number of carbonyl (C=O) groups is 6. The molecule has 260 valence electrons. The molecule has 6 amide bonds. The number of nitrogens with one attached hydrogen (secondary N) is 4. The maximum atomic E-state index is 13.8. The first-order chi connectivity index (χ1) is 22.5. The van der Waals surface area contributed by atoms with Gasteiger partial charge in [-0.1, -0.05) is 18.2 Å². The van der Waals surface area contributed by atoms with Crippen LogP contribution < -0.4 is 21.3 Å². The lowest BCUT2D eigenvalue weighted by Crippen LogP contribution is -2.46. The molecule has 48 heavy (non-hydrogen) atoms. The van der Waals surface area contributed by atoms with Gasteiger partial charge in [-0.25, -0.2) is 13.6 Å². The molecule has 4 rings (SSSR count). The number of nitriles is 1. The second kappa shape index (κ2) is 15.0. The average Bonchev–Trinajstić information content (AvgIpc) is 3.70. The number of hydrogen-bond acceptors (Lipinski definition) is 8. The first-order valence-electron chi connectivity index (χ1n) is 15.8. The van der Waals surface area contributed by atoms with Gasteiger partial charge in [0.2, 0.25) is 29.5 Å². The monoisotopic (exact) mass is 673 g/mol. The van der Waals surface area contributed by atoms with Gasteiger partial charge in [0.05, 0.1) is 12.6 Å². The number of hydrogen-bond donors (Lipinski definition) is 4. The molecule has 0 bridgehead atoms. The minimum atomic E-state index is -3.18. The fourth-order valence-corrected chi connectivity index (χ4v) is 5.89. The molecule has 1 aromatic carbocycles. The normalized spacial score (nSPS) is 21.2. The molecule has 2 fully saturated rings. The van der Waals surface area contributed by atoms with Crippen molar-refractivity contribution in [2.24, 2.45) is 5.92 Å². The Kier molecular flexibility index (Phi) is 11.2. The van der Waals surface area contributed by atoms with E-state index in [1.54, 1.807) is 31.7 Å². The van der Waals surface area contributed by atoms with Crippen molar-refractivity contribution < 1.29 is 42.3 Å². The Balaban J connectivity index is 1.19. The highest BCUT2D eigenvalue weighted by Gasteiger charge is 2.50. The zero-order valence-electron chi connectivity index (χ0n) is 27.2. The zero-order valence-corrected chi connectivity index (χ0v) is 27.2. The number of alkyl carbamates (subject to hydrolysis) is 1. The summed E-state index contributed by atoms with van der Waals surface area (Å²) in [6.45, 7) is 5.41. The Bertz CT molecular complexity index is 1490. The van der Waals surface area contributed by atoms with Crippen molar-refractivity contribution in [1.29, 1.82) is 5.26 Å². The van der Waals surface area contributed by atoms with Crippen LogP contribution in [0, 0.1) is 17.2 Å². The summed E-state index contributed by atoms with van der Waals surface area (Å²) in [6, 6.07) is 4.86. The van der Waals surface area contributed by atoms with E-state index in [1.165, 1.54) is 0 Å². The van der Waals surface area contributed by atoms with E-state index in [0.29, 0.717) is 6.54 Å². The van der Waals surface area contributed by atoms with Gasteiger partial charge in [-0.05, 0) is 43.9 Å². The average molecular weight is 674 g/mol. The van der Waals surface area contributed by atoms with Gasteiger partial charge in [0.15, 0.2) is 0 Å². The van der Waals surface area contributed by atoms with Crippen molar-refractivity contribution in [3.05, 3.63) is 34.9 Å².